The predicted octanol–water partition coefficient (Wildman–Crippen LogP) is 3.00. The number of esters is 1. The van der Waals surface area contributed by atoms with Crippen molar-refractivity contribution in [3.05, 3.63) is 70.9 Å². The van der Waals surface area contributed by atoms with Crippen LogP contribution in [0.5, 0.6) is 5.75 Å². The van der Waals surface area contributed by atoms with Crippen molar-refractivity contribution >= 4 is 17.7 Å². The van der Waals surface area contributed by atoms with Gasteiger partial charge in [-0.2, -0.15) is 0 Å². The molecule has 0 aromatic heterocycles. The first-order valence-electron chi connectivity index (χ1n) is 11.6. The molecule has 1 saturated heterocycles. The van der Waals surface area contributed by atoms with Gasteiger partial charge in [0.1, 0.15) is 5.75 Å². The van der Waals surface area contributed by atoms with Crippen LogP contribution in [0.15, 0.2) is 59.8 Å². The van der Waals surface area contributed by atoms with Gasteiger partial charge in [0.15, 0.2) is 0 Å². The lowest BCUT2D eigenvalue weighted by Gasteiger charge is -2.38. The van der Waals surface area contributed by atoms with Gasteiger partial charge >= 0.3 is 12.0 Å². The highest BCUT2D eigenvalue weighted by atomic mass is 16.5. The molecule has 2 heterocycles. The summed E-state index contributed by atoms with van der Waals surface area (Å²) in [5, 5.41) is 5.76. The van der Waals surface area contributed by atoms with Gasteiger partial charge in [-0.05, 0) is 37.6 Å². The summed E-state index contributed by atoms with van der Waals surface area (Å²) in [6.07, 6.45) is 0. The van der Waals surface area contributed by atoms with Crippen LogP contribution in [0.4, 0.5) is 10.5 Å². The summed E-state index contributed by atoms with van der Waals surface area (Å²) in [5.74, 6) is 0.155. The molecule has 34 heavy (non-hydrogen) atoms. The predicted molar refractivity (Wildman–Crippen MR) is 131 cm³/mol. The van der Waals surface area contributed by atoms with E-state index in [4.69, 9.17) is 9.47 Å². The van der Waals surface area contributed by atoms with E-state index in [1.54, 1.807) is 14.0 Å². The van der Waals surface area contributed by atoms with Gasteiger partial charge in [0.2, 0.25) is 0 Å². The molecule has 0 bridgehead atoms. The van der Waals surface area contributed by atoms with Crippen LogP contribution in [0.1, 0.15) is 24.1 Å². The van der Waals surface area contributed by atoms with E-state index in [0.717, 1.165) is 26.2 Å². The largest absolute Gasteiger partial charge is 0.496 e. The molecule has 8 heteroatoms. The van der Waals surface area contributed by atoms with Crippen LogP contribution >= 0.6 is 0 Å². The molecule has 1 atom stereocenters. The fourth-order valence-corrected chi connectivity index (χ4v) is 4.54. The number of carbonyl (C=O) groups is 2. The molecule has 2 aliphatic rings. The summed E-state index contributed by atoms with van der Waals surface area (Å²) in [4.78, 5) is 30.3. The quantitative estimate of drug-likeness (QED) is 0.613. The second kappa shape index (κ2) is 10.6. The summed E-state index contributed by atoms with van der Waals surface area (Å²) < 4.78 is 10.9. The van der Waals surface area contributed by atoms with Crippen molar-refractivity contribution in [3.63, 3.8) is 0 Å². The van der Waals surface area contributed by atoms with Gasteiger partial charge in [-0.1, -0.05) is 30.3 Å². The summed E-state index contributed by atoms with van der Waals surface area (Å²) >= 11 is 0. The number of hydrogen-bond acceptors (Lipinski definition) is 6. The van der Waals surface area contributed by atoms with Crippen molar-refractivity contribution < 1.29 is 19.1 Å². The average molecular weight is 465 g/mol. The first-order chi connectivity index (χ1) is 16.5. The van der Waals surface area contributed by atoms with Gasteiger partial charge in [-0.25, -0.2) is 9.59 Å². The van der Waals surface area contributed by atoms with Crippen molar-refractivity contribution in [1.29, 1.82) is 0 Å². The number of nitrogens with zero attached hydrogens (tertiary/aromatic N) is 2. The third-order valence-electron chi connectivity index (χ3n) is 6.22. The molecule has 0 radical (unpaired) electrons. The number of carbonyl (C=O) groups excluding carboxylic acids is 2. The lowest BCUT2D eigenvalue weighted by Crippen LogP contribution is -2.51. The lowest BCUT2D eigenvalue weighted by atomic mass is 9.94. The third kappa shape index (κ3) is 5.17. The van der Waals surface area contributed by atoms with Crippen molar-refractivity contribution in [2.45, 2.75) is 19.9 Å². The number of nitrogens with one attached hydrogen (secondary N) is 2. The van der Waals surface area contributed by atoms with E-state index in [0.29, 0.717) is 29.1 Å². The summed E-state index contributed by atoms with van der Waals surface area (Å²) in [6, 6.07) is 14.9. The number of aryl methyl sites for hydroxylation is 1. The van der Waals surface area contributed by atoms with Crippen LogP contribution < -0.4 is 20.3 Å². The maximum Gasteiger partial charge on any atom is 0.338 e. The molecule has 0 saturated carbocycles. The van der Waals surface area contributed by atoms with Crippen molar-refractivity contribution in [2.75, 3.05) is 51.3 Å². The maximum absolute atomic E-state index is 13.1. The first-order valence-corrected chi connectivity index (χ1v) is 11.6. The molecular formula is C26H32N4O4. The Kier molecular flexibility index (Phi) is 7.37. The number of anilines is 1. The minimum absolute atomic E-state index is 0.247. The number of amides is 2. The van der Waals surface area contributed by atoms with Crippen LogP contribution in [0.3, 0.4) is 0 Å². The number of methoxy groups -OCH3 is 1. The van der Waals surface area contributed by atoms with Crippen LogP contribution in [0, 0.1) is 6.92 Å². The molecule has 0 aliphatic carbocycles. The fraction of sp³-hybridized carbons (Fsp3) is 0.385. The second-order valence-electron chi connectivity index (χ2n) is 8.49. The normalized spacial score (nSPS) is 18.9. The number of piperazine rings is 1. The smallest absolute Gasteiger partial charge is 0.338 e. The van der Waals surface area contributed by atoms with Gasteiger partial charge in [0.05, 0.1) is 25.3 Å². The van der Waals surface area contributed by atoms with E-state index >= 15 is 0 Å². The Morgan fingerprint density at radius 3 is 2.56 bits per heavy atom. The monoisotopic (exact) mass is 464 g/mol. The molecule has 8 nitrogen and oxygen atoms in total. The Morgan fingerprint density at radius 2 is 1.85 bits per heavy atom. The van der Waals surface area contributed by atoms with E-state index in [9.17, 15) is 9.59 Å². The Morgan fingerprint density at radius 1 is 1.09 bits per heavy atom. The van der Waals surface area contributed by atoms with E-state index < -0.39 is 12.0 Å². The number of ether oxygens (including phenoxy) is 2. The number of urea groups is 1. The minimum atomic E-state index is -0.660. The van der Waals surface area contributed by atoms with E-state index in [1.165, 1.54) is 11.3 Å². The molecule has 0 unspecified atom stereocenters. The lowest BCUT2D eigenvalue weighted by molar-refractivity contribution is -0.139. The fourth-order valence-electron chi connectivity index (χ4n) is 4.54. The molecule has 2 amide bonds. The second-order valence-corrected chi connectivity index (χ2v) is 8.49. The number of benzene rings is 2. The molecule has 4 rings (SSSR count). The zero-order chi connectivity index (χ0) is 24.1. The van der Waals surface area contributed by atoms with Crippen molar-refractivity contribution in [2.24, 2.45) is 0 Å². The molecule has 2 aromatic carbocycles. The standard InChI is InChI=1S/C26H32N4O4/c1-4-34-25(31)23-21(27-26(32)28-24(23)20-10-5-6-11-22(20)33-3)17-29-12-14-30(15-13-29)19-9-7-8-18(2)16-19/h5-11,16,24H,4,12-15,17H2,1-3H3,(H2,27,28,32)/t24-/m0/s1. The number of rotatable bonds is 7. The average Bonchev–Trinajstić information content (AvgIpc) is 2.84. The van der Waals surface area contributed by atoms with Crippen LogP contribution in [0.25, 0.3) is 0 Å². The molecule has 2 aromatic rings. The molecular weight excluding hydrogens is 432 g/mol. The molecule has 1 fully saturated rings. The Hall–Kier alpha value is -3.52. The van der Waals surface area contributed by atoms with Crippen molar-refractivity contribution in [1.82, 2.24) is 15.5 Å². The molecule has 180 valence electrons. The number of para-hydroxylation sites is 1. The summed E-state index contributed by atoms with van der Waals surface area (Å²) in [5.41, 5.74) is 4.15. The van der Waals surface area contributed by atoms with Gasteiger partial charge in [0, 0.05) is 49.7 Å². The Labute approximate surface area is 200 Å². The highest BCUT2D eigenvalue weighted by Gasteiger charge is 2.36. The summed E-state index contributed by atoms with van der Waals surface area (Å²) in [6.45, 7) is 7.94. The van der Waals surface area contributed by atoms with E-state index in [-0.39, 0.29) is 12.6 Å². The zero-order valence-electron chi connectivity index (χ0n) is 20.0. The van der Waals surface area contributed by atoms with Gasteiger partial charge in [-0.3, -0.25) is 4.90 Å². The van der Waals surface area contributed by atoms with Gasteiger partial charge in [0.25, 0.3) is 0 Å². The topological polar surface area (TPSA) is 83.1 Å². The van der Waals surface area contributed by atoms with Gasteiger partial charge < -0.3 is 25.0 Å². The minimum Gasteiger partial charge on any atom is -0.496 e. The third-order valence-corrected chi connectivity index (χ3v) is 6.22. The van der Waals surface area contributed by atoms with Crippen LogP contribution in [-0.4, -0.2) is 63.3 Å². The maximum atomic E-state index is 13.1. The van der Waals surface area contributed by atoms with Crippen molar-refractivity contribution in [3.8, 4) is 5.75 Å². The Balaban J connectivity index is 1.58. The molecule has 0 spiro atoms. The SMILES string of the molecule is CCOC(=O)C1=C(CN2CCN(c3cccc(C)c3)CC2)NC(=O)N[C@H]1c1ccccc1OC. The zero-order valence-corrected chi connectivity index (χ0v) is 20.0. The molecule has 2 aliphatic heterocycles. The van der Waals surface area contributed by atoms with E-state index in [2.05, 4.69) is 51.6 Å². The summed E-state index contributed by atoms with van der Waals surface area (Å²) in [7, 11) is 1.57. The van der Waals surface area contributed by atoms with Crippen LogP contribution in [0.2, 0.25) is 0 Å². The first kappa shape index (κ1) is 23.6. The number of hydrogen-bond donors (Lipinski definition) is 2. The van der Waals surface area contributed by atoms with Crippen LogP contribution in [-0.2, 0) is 9.53 Å². The van der Waals surface area contributed by atoms with Gasteiger partial charge in [-0.15, -0.1) is 0 Å². The highest BCUT2D eigenvalue weighted by molar-refractivity contribution is 5.95. The van der Waals surface area contributed by atoms with E-state index in [1.807, 2.05) is 24.3 Å². The Bertz CT molecular complexity index is 1080. The molecule has 2 N–H and O–H groups in total. The highest BCUT2D eigenvalue weighted by Crippen LogP contribution is 2.33.